The van der Waals surface area contributed by atoms with Crippen molar-refractivity contribution in [2.45, 2.75) is 39.0 Å². The van der Waals surface area contributed by atoms with Gasteiger partial charge in [-0.1, -0.05) is 18.2 Å². The largest absolute Gasteiger partial charge is 0.392 e. The molecule has 1 aromatic carbocycles. The van der Waals surface area contributed by atoms with Crippen LogP contribution in [0.4, 0.5) is 0 Å². The van der Waals surface area contributed by atoms with Crippen LogP contribution in [0.1, 0.15) is 25.5 Å². The Morgan fingerprint density at radius 1 is 1.37 bits per heavy atom. The van der Waals surface area contributed by atoms with Gasteiger partial charge in [-0.2, -0.15) is 5.10 Å². The van der Waals surface area contributed by atoms with Crippen molar-refractivity contribution in [2.75, 3.05) is 13.1 Å². The monoisotopic (exact) mass is 259 g/mol. The summed E-state index contributed by atoms with van der Waals surface area (Å²) in [6.07, 6.45) is 1.84. The van der Waals surface area contributed by atoms with Gasteiger partial charge in [0, 0.05) is 25.0 Å². The Kier molecular flexibility index (Phi) is 3.53. The molecule has 0 bridgehead atoms. The van der Waals surface area contributed by atoms with Crippen molar-refractivity contribution in [1.82, 2.24) is 14.7 Å². The first-order valence-corrected chi connectivity index (χ1v) is 7.12. The molecule has 1 saturated heterocycles. The molecule has 4 nitrogen and oxygen atoms in total. The molecule has 0 amide bonds. The third-order valence-electron chi connectivity index (χ3n) is 3.89. The van der Waals surface area contributed by atoms with Crippen molar-refractivity contribution < 1.29 is 5.11 Å². The van der Waals surface area contributed by atoms with Crippen LogP contribution in [0.5, 0.6) is 0 Å². The molecule has 0 radical (unpaired) electrons. The van der Waals surface area contributed by atoms with E-state index in [1.807, 2.05) is 0 Å². The first kappa shape index (κ1) is 12.6. The number of piperidine rings is 1. The van der Waals surface area contributed by atoms with Gasteiger partial charge in [-0.3, -0.25) is 9.58 Å². The van der Waals surface area contributed by atoms with Crippen molar-refractivity contribution in [3.05, 3.63) is 30.0 Å². The second-order valence-corrected chi connectivity index (χ2v) is 5.31. The van der Waals surface area contributed by atoms with Gasteiger partial charge in [0.2, 0.25) is 0 Å². The van der Waals surface area contributed by atoms with E-state index in [9.17, 15) is 5.11 Å². The highest BCUT2D eigenvalue weighted by Gasteiger charge is 2.19. The smallest absolute Gasteiger partial charge is 0.0843 e. The predicted molar refractivity (Wildman–Crippen MR) is 75.9 cm³/mol. The molecule has 2 aromatic rings. The first-order valence-electron chi connectivity index (χ1n) is 7.12. The number of fused-ring (bicyclic) bond motifs is 1. The first-order chi connectivity index (χ1) is 9.28. The highest BCUT2D eigenvalue weighted by Crippen LogP contribution is 2.21. The minimum absolute atomic E-state index is 0.173. The summed E-state index contributed by atoms with van der Waals surface area (Å²) in [6, 6.07) is 8.40. The molecule has 1 atom stereocenters. The van der Waals surface area contributed by atoms with Gasteiger partial charge in [0.1, 0.15) is 0 Å². The summed E-state index contributed by atoms with van der Waals surface area (Å²) in [5.41, 5.74) is 2.34. The van der Waals surface area contributed by atoms with Crippen LogP contribution in [0.25, 0.3) is 10.9 Å². The van der Waals surface area contributed by atoms with E-state index in [1.165, 1.54) is 10.9 Å². The molecule has 1 fully saturated rings. The third kappa shape index (κ3) is 2.51. The van der Waals surface area contributed by atoms with Crippen LogP contribution in [0.2, 0.25) is 0 Å². The standard InChI is InChI=1S/C15H21N3O/c1-2-18-15-8-4-3-7-13(15)14(16-18)11-17-9-5-6-12(19)10-17/h3-4,7-8,12,19H,2,5-6,9-11H2,1H3/t12-/m0/s1. The number of aromatic nitrogens is 2. The highest BCUT2D eigenvalue weighted by molar-refractivity contribution is 5.81. The van der Waals surface area contributed by atoms with Gasteiger partial charge >= 0.3 is 0 Å². The van der Waals surface area contributed by atoms with E-state index in [0.29, 0.717) is 0 Å². The molecule has 3 rings (SSSR count). The van der Waals surface area contributed by atoms with Gasteiger partial charge < -0.3 is 5.11 Å². The molecule has 102 valence electrons. The molecular formula is C15H21N3O. The van der Waals surface area contributed by atoms with Crippen molar-refractivity contribution in [2.24, 2.45) is 0 Å². The van der Waals surface area contributed by atoms with E-state index in [0.717, 1.165) is 44.7 Å². The Morgan fingerprint density at radius 2 is 2.21 bits per heavy atom. The van der Waals surface area contributed by atoms with Crippen LogP contribution in [0.3, 0.4) is 0 Å². The molecule has 0 aliphatic carbocycles. The Bertz CT molecular complexity index is 564. The van der Waals surface area contributed by atoms with Crippen LogP contribution in [0.15, 0.2) is 24.3 Å². The molecule has 1 aliphatic rings. The number of benzene rings is 1. The number of β-amino-alcohol motifs (C(OH)–C–C–N with tert-alkyl or cyclic N) is 1. The Hall–Kier alpha value is -1.39. The highest BCUT2D eigenvalue weighted by atomic mass is 16.3. The average Bonchev–Trinajstić information content (AvgIpc) is 2.77. The molecule has 0 spiro atoms. The number of hydrogen-bond acceptors (Lipinski definition) is 3. The summed E-state index contributed by atoms with van der Waals surface area (Å²) in [5, 5.41) is 15.7. The van der Waals surface area contributed by atoms with Gasteiger partial charge in [-0.15, -0.1) is 0 Å². The van der Waals surface area contributed by atoms with Crippen LogP contribution in [-0.4, -0.2) is 39.0 Å². The van der Waals surface area contributed by atoms with Crippen LogP contribution >= 0.6 is 0 Å². The minimum atomic E-state index is -0.173. The molecule has 1 N–H and O–H groups in total. The van der Waals surface area contributed by atoms with E-state index in [2.05, 4.69) is 40.8 Å². The molecule has 19 heavy (non-hydrogen) atoms. The van der Waals surface area contributed by atoms with Crippen molar-refractivity contribution in [1.29, 1.82) is 0 Å². The number of aliphatic hydroxyl groups excluding tert-OH is 1. The molecule has 1 aliphatic heterocycles. The number of rotatable bonds is 3. The Balaban J connectivity index is 1.88. The lowest BCUT2D eigenvalue weighted by molar-refractivity contribution is 0.0663. The lowest BCUT2D eigenvalue weighted by Crippen LogP contribution is -2.37. The zero-order chi connectivity index (χ0) is 13.2. The zero-order valence-electron chi connectivity index (χ0n) is 11.4. The molecule has 4 heteroatoms. The molecule has 0 saturated carbocycles. The SMILES string of the molecule is CCn1nc(CN2CCC[C@H](O)C2)c2ccccc21. The summed E-state index contributed by atoms with van der Waals surface area (Å²) in [5.74, 6) is 0. The summed E-state index contributed by atoms with van der Waals surface area (Å²) >= 11 is 0. The van der Waals surface area contributed by atoms with Gasteiger partial charge in [0.25, 0.3) is 0 Å². The number of aliphatic hydroxyl groups is 1. The van der Waals surface area contributed by atoms with E-state index in [4.69, 9.17) is 5.10 Å². The van der Waals surface area contributed by atoms with E-state index < -0.39 is 0 Å². The van der Waals surface area contributed by atoms with Crippen molar-refractivity contribution in [3.63, 3.8) is 0 Å². The third-order valence-corrected chi connectivity index (χ3v) is 3.89. The summed E-state index contributed by atoms with van der Waals surface area (Å²) in [4.78, 5) is 2.31. The second kappa shape index (κ2) is 5.31. The Morgan fingerprint density at radius 3 is 3.00 bits per heavy atom. The second-order valence-electron chi connectivity index (χ2n) is 5.31. The lowest BCUT2D eigenvalue weighted by atomic mass is 10.1. The van der Waals surface area contributed by atoms with Crippen molar-refractivity contribution in [3.8, 4) is 0 Å². The quantitative estimate of drug-likeness (QED) is 0.916. The van der Waals surface area contributed by atoms with Gasteiger partial charge in [0.15, 0.2) is 0 Å². The van der Waals surface area contributed by atoms with Crippen LogP contribution < -0.4 is 0 Å². The number of nitrogens with zero attached hydrogens (tertiary/aromatic N) is 3. The number of aryl methyl sites for hydroxylation is 1. The van der Waals surface area contributed by atoms with Gasteiger partial charge in [0.05, 0.1) is 17.3 Å². The van der Waals surface area contributed by atoms with Gasteiger partial charge in [-0.25, -0.2) is 0 Å². The summed E-state index contributed by atoms with van der Waals surface area (Å²) in [7, 11) is 0. The lowest BCUT2D eigenvalue weighted by Gasteiger charge is -2.29. The fourth-order valence-corrected chi connectivity index (χ4v) is 2.94. The molecule has 1 aromatic heterocycles. The molecule has 2 heterocycles. The zero-order valence-corrected chi connectivity index (χ0v) is 11.4. The number of likely N-dealkylation sites (tertiary alicyclic amines) is 1. The molecule has 0 unspecified atom stereocenters. The van der Waals surface area contributed by atoms with Crippen LogP contribution in [-0.2, 0) is 13.1 Å². The van der Waals surface area contributed by atoms with E-state index in [1.54, 1.807) is 0 Å². The molecular weight excluding hydrogens is 238 g/mol. The minimum Gasteiger partial charge on any atom is -0.392 e. The summed E-state index contributed by atoms with van der Waals surface area (Å²) in [6.45, 7) is 5.68. The maximum absolute atomic E-state index is 9.75. The number of hydrogen-bond donors (Lipinski definition) is 1. The number of para-hydroxylation sites is 1. The van der Waals surface area contributed by atoms with Gasteiger partial charge in [-0.05, 0) is 32.4 Å². The van der Waals surface area contributed by atoms with Crippen LogP contribution in [0, 0.1) is 0 Å². The average molecular weight is 259 g/mol. The predicted octanol–water partition coefficient (Wildman–Crippen LogP) is 2.01. The van der Waals surface area contributed by atoms with E-state index >= 15 is 0 Å². The Labute approximate surface area is 113 Å². The normalized spacial score (nSPS) is 21.1. The van der Waals surface area contributed by atoms with E-state index in [-0.39, 0.29) is 6.10 Å². The summed E-state index contributed by atoms with van der Waals surface area (Å²) < 4.78 is 2.06. The topological polar surface area (TPSA) is 41.3 Å². The maximum Gasteiger partial charge on any atom is 0.0843 e. The fraction of sp³-hybridized carbons (Fsp3) is 0.533. The van der Waals surface area contributed by atoms with Crippen molar-refractivity contribution >= 4 is 10.9 Å². The maximum atomic E-state index is 9.75. The fourth-order valence-electron chi connectivity index (χ4n) is 2.94.